The largest absolute Gasteiger partial charge is 0.340 e. The normalized spacial score (nSPS) is 18.0. The van der Waals surface area contributed by atoms with Crippen LogP contribution in [0.15, 0.2) is 54.6 Å². The lowest BCUT2D eigenvalue weighted by atomic mass is 10.1. The van der Waals surface area contributed by atoms with Crippen LogP contribution in [0.3, 0.4) is 0 Å². The number of amides is 2. The Hall–Kier alpha value is -3.65. The summed E-state index contributed by atoms with van der Waals surface area (Å²) in [6, 6.07) is 17.2. The summed E-state index contributed by atoms with van der Waals surface area (Å²) in [6.07, 6.45) is 0.233. The van der Waals surface area contributed by atoms with Gasteiger partial charge in [-0.2, -0.15) is 4.98 Å². The monoisotopic (exact) mass is 504 g/mol. The van der Waals surface area contributed by atoms with Crippen molar-refractivity contribution in [1.29, 1.82) is 0 Å². The van der Waals surface area contributed by atoms with Crippen LogP contribution in [0.1, 0.15) is 17.7 Å². The first-order valence-corrected chi connectivity index (χ1v) is 12.5. The molecule has 186 valence electrons. The maximum absolute atomic E-state index is 13.2. The number of piperazine rings is 1. The highest BCUT2D eigenvalue weighted by atomic mass is 35.5. The number of benzene rings is 2. The van der Waals surface area contributed by atoms with E-state index >= 15 is 0 Å². The van der Waals surface area contributed by atoms with Crippen LogP contribution >= 0.6 is 11.6 Å². The van der Waals surface area contributed by atoms with E-state index in [2.05, 4.69) is 34.3 Å². The Morgan fingerprint density at radius 2 is 1.67 bits per heavy atom. The Balaban J connectivity index is 1.20. The first kappa shape index (κ1) is 24.1. The van der Waals surface area contributed by atoms with Crippen molar-refractivity contribution in [1.82, 2.24) is 14.9 Å². The van der Waals surface area contributed by atoms with Crippen LogP contribution in [0.2, 0.25) is 5.02 Å². The number of carbonyl (C=O) groups is 2. The fraction of sp³-hybridized carbons (Fsp3) is 0.333. The van der Waals surface area contributed by atoms with Gasteiger partial charge in [0.1, 0.15) is 5.82 Å². The van der Waals surface area contributed by atoms with E-state index in [0.29, 0.717) is 43.7 Å². The van der Waals surface area contributed by atoms with E-state index in [1.165, 1.54) is 5.56 Å². The third kappa shape index (κ3) is 5.28. The van der Waals surface area contributed by atoms with Gasteiger partial charge in [0.15, 0.2) is 0 Å². The molecule has 2 aliphatic rings. The van der Waals surface area contributed by atoms with E-state index in [1.807, 2.05) is 42.2 Å². The molecule has 8 nitrogen and oxygen atoms in total. The summed E-state index contributed by atoms with van der Waals surface area (Å²) in [5, 5.41) is 3.97. The Morgan fingerprint density at radius 3 is 2.36 bits per heavy atom. The summed E-state index contributed by atoms with van der Waals surface area (Å²) in [5.41, 5.74) is 3.82. The van der Waals surface area contributed by atoms with Gasteiger partial charge in [-0.05, 0) is 50.2 Å². The summed E-state index contributed by atoms with van der Waals surface area (Å²) in [5.74, 6) is 1.07. The molecule has 2 saturated heterocycles. The van der Waals surface area contributed by atoms with E-state index in [-0.39, 0.29) is 24.2 Å². The van der Waals surface area contributed by atoms with Crippen LogP contribution in [-0.2, 0) is 9.59 Å². The average Bonchev–Trinajstić information content (AvgIpc) is 3.27. The summed E-state index contributed by atoms with van der Waals surface area (Å²) < 4.78 is 0. The topological polar surface area (TPSA) is 81.7 Å². The predicted molar refractivity (Wildman–Crippen MR) is 142 cm³/mol. The molecule has 9 heteroatoms. The zero-order chi connectivity index (χ0) is 25.2. The molecule has 0 spiro atoms. The minimum Gasteiger partial charge on any atom is -0.340 e. The number of nitrogens with zero attached hydrogens (tertiary/aromatic N) is 5. The van der Waals surface area contributed by atoms with E-state index in [4.69, 9.17) is 16.6 Å². The van der Waals surface area contributed by atoms with Crippen LogP contribution in [0.4, 0.5) is 23.1 Å². The van der Waals surface area contributed by atoms with Gasteiger partial charge in [-0.25, -0.2) is 4.98 Å². The first-order valence-electron chi connectivity index (χ1n) is 12.1. The molecule has 2 amide bonds. The van der Waals surface area contributed by atoms with Crippen molar-refractivity contribution in [2.24, 2.45) is 5.92 Å². The first-order chi connectivity index (χ1) is 17.4. The zero-order valence-electron chi connectivity index (χ0n) is 20.4. The maximum atomic E-state index is 13.2. The van der Waals surface area contributed by atoms with Crippen LogP contribution in [0.25, 0.3) is 0 Å². The van der Waals surface area contributed by atoms with Crippen LogP contribution in [0.5, 0.6) is 0 Å². The van der Waals surface area contributed by atoms with Gasteiger partial charge in [-0.3, -0.25) is 9.59 Å². The molecule has 2 aliphatic heterocycles. The maximum Gasteiger partial charge on any atom is 0.228 e. The van der Waals surface area contributed by atoms with Gasteiger partial charge >= 0.3 is 0 Å². The van der Waals surface area contributed by atoms with Gasteiger partial charge in [0.05, 0.1) is 5.92 Å². The van der Waals surface area contributed by atoms with Crippen molar-refractivity contribution in [2.45, 2.75) is 20.3 Å². The van der Waals surface area contributed by atoms with Gasteiger partial charge in [0, 0.05) is 67.3 Å². The molecule has 2 aromatic carbocycles. The van der Waals surface area contributed by atoms with E-state index in [1.54, 1.807) is 17.0 Å². The molecule has 2 fully saturated rings. The third-order valence-electron chi connectivity index (χ3n) is 6.65. The standard InChI is InChI=1S/C27H29ClN6O2/c1-18-3-7-22(8-4-18)30-24-15-19(2)29-27(31-24)33-13-11-32(12-14-33)26(36)20-16-25(35)34(17-20)23-9-5-21(28)6-10-23/h3-10,15,20H,11-14,16-17H2,1-2H3,(H,29,30,31). The van der Waals surface area contributed by atoms with Crippen molar-refractivity contribution >= 4 is 46.6 Å². The number of anilines is 4. The molecule has 0 saturated carbocycles. The molecular formula is C27H29ClN6O2. The second kappa shape index (κ2) is 10.1. The van der Waals surface area contributed by atoms with Gasteiger partial charge < -0.3 is 20.0 Å². The smallest absolute Gasteiger partial charge is 0.228 e. The molecule has 5 rings (SSSR count). The number of aromatic nitrogens is 2. The Bertz CT molecular complexity index is 1260. The molecular weight excluding hydrogens is 476 g/mol. The molecule has 3 aromatic rings. The Labute approximate surface area is 215 Å². The van der Waals surface area contributed by atoms with Gasteiger partial charge in [0.2, 0.25) is 17.8 Å². The van der Waals surface area contributed by atoms with Crippen molar-refractivity contribution in [3.63, 3.8) is 0 Å². The minimum absolute atomic E-state index is 0.0314. The number of nitrogens with one attached hydrogen (secondary N) is 1. The summed E-state index contributed by atoms with van der Waals surface area (Å²) in [7, 11) is 0. The van der Waals surface area contributed by atoms with Crippen LogP contribution < -0.4 is 15.1 Å². The lowest BCUT2D eigenvalue weighted by Crippen LogP contribution is -2.51. The van der Waals surface area contributed by atoms with E-state index in [9.17, 15) is 9.59 Å². The van der Waals surface area contributed by atoms with Gasteiger partial charge in [-0.15, -0.1) is 0 Å². The summed E-state index contributed by atoms with van der Waals surface area (Å²) >= 11 is 5.97. The van der Waals surface area contributed by atoms with Crippen molar-refractivity contribution in [3.05, 3.63) is 70.9 Å². The SMILES string of the molecule is Cc1ccc(Nc2cc(C)nc(N3CCN(C(=O)C4CC(=O)N(c5ccc(Cl)cc5)C4)CC3)n2)cc1. The number of rotatable bonds is 5. The van der Waals surface area contributed by atoms with Crippen molar-refractivity contribution in [2.75, 3.05) is 47.8 Å². The highest BCUT2D eigenvalue weighted by Crippen LogP contribution is 2.28. The number of halogens is 1. The van der Waals surface area contributed by atoms with Crippen LogP contribution in [-0.4, -0.2) is 59.4 Å². The van der Waals surface area contributed by atoms with Gasteiger partial charge in [-0.1, -0.05) is 29.3 Å². The van der Waals surface area contributed by atoms with Crippen molar-refractivity contribution in [3.8, 4) is 0 Å². The highest BCUT2D eigenvalue weighted by molar-refractivity contribution is 6.30. The zero-order valence-corrected chi connectivity index (χ0v) is 21.2. The summed E-state index contributed by atoms with van der Waals surface area (Å²) in [4.78, 5) is 40.8. The molecule has 1 N–H and O–H groups in total. The Morgan fingerprint density at radius 1 is 0.972 bits per heavy atom. The number of aryl methyl sites for hydroxylation is 2. The quantitative estimate of drug-likeness (QED) is 0.561. The number of hydrogen-bond acceptors (Lipinski definition) is 6. The molecule has 0 radical (unpaired) electrons. The average molecular weight is 505 g/mol. The second-order valence-electron chi connectivity index (χ2n) is 9.38. The lowest BCUT2D eigenvalue weighted by Gasteiger charge is -2.36. The van der Waals surface area contributed by atoms with Crippen molar-refractivity contribution < 1.29 is 9.59 Å². The molecule has 3 heterocycles. The van der Waals surface area contributed by atoms with E-state index in [0.717, 1.165) is 22.9 Å². The summed E-state index contributed by atoms with van der Waals surface area (Å²) in [6.45, 7) is 6.83. The highest BCUT2D eigenvalue weighted by Gasteiger charge is 2.38. The predicted octanol–water partition coefficient (Wildman–Crippen LogP) is 4.19. The number of carbonyl (C=O) groups excluding carboxylic acids is 2. The van der Waals surface area contributed by atoms with E-state index < -0.39 is 0 Å². The molecule has 0 bridgehead atoms. The fourth-order valence-corrected chi connectivity index (χ4v) is 4.80. The van der Waals surface area contributed by atoms with Crippen LogP contribution in [0, 0.1) is 19.8 Å². The molecule has 1 atom stereocenters. The molecule has 1 unspecified atom stereocenters. The second-order valence-corrected chi connectivity index (χ2v) is 9.82. The molecule has 36 heavy (non-hydrogen) atoms. The van der Waals surface area contributed by atoms with Gasteiger partial charge in [0.25, 0.3) is 0 Å². The third-order valence-corrected chi connectivity index (χ3v) is 6.91. The number of hydrogen-bond donors (Lipinski definition) is 1. The molecule has 0 aliphatic carbocycles. The fourth-order valence-electron chi connectivity index (χ4n) is 4.67. The minimum atomic E-state index is -0.333. The molecule has 1 aromatic heterocycles. The Kier molecular flexibility index (Phi) is 6.78. The lowest BCUT2D eigenvalue weighted by molar-refractivity contribution is -0.136.